The van der Waals surface area contributed by atoms with Crippen LogP contribution in [0.3, 0.4) is 0 Å². The molecule has 0 spiro atoms. The Hall–Kier alpha value is -0.690. The first kappa shape index (κ1) is 11.4. The summed E-state index contributed by atoms with van der Waals surface area (Å²) in [6.07, 6.45) is 6.29. The highest BCUT2D eigenvalue weighted by Crippen LogP contribution is 2.37. The summed E-state index contributed by atoms with van der Waals surface area (Å²) in [5.41, 5.74) is 2.71. The summed E-state index contributed by atoms with van der Waals surface area (Å²) in [6.45, 7) is 2.14. The minimum absolute atomic E-state index is 0.388. The van der Waals surface area contributed by atoms with Crippen LogP contribution in [0.15, 0.2) is 18.2 Å². The zero-order valence-electron chi connectivity index (χ0n) is 10.3. The van der Waals surface area contributed by atoms with Gasteiger partial charge in [0.15, 0.2) is 0 Å². The molecule has 1 aromatic carbocycles. The smallest absolute Gasteiger partial charge is 0.123 e. The molecule has 1 aromatic rings. The van der Waals surface area contributed by atoms with Crippen LogP contribution in [-0.4, -0.2) is 11.5 Å². The summed E-state index contributed by atoms with van der Waals surface area (Å²) in [5.74, 6) is 1.87. The monoisotopic (exact) mass is 250 g/mol. The van der Waals surface area contributed by atoms with E-state index in [1.54, 1.807) is 0 Å². The Labute approximate surface area is 108 Å². The van der Waals surface area contributed by atoms with Crippen molar-refractivity contribution in [1.29, 1.82) is 0 Å². The molecule has 0 bridgehead atoms. The van der Waals surface area contributed by atoms with Gasteiger partial charge < -0.3 is 4.74 Å². The molecular formula is C15H19ClO. The van der Waals surface area contributed by atoms with Crippen molar-refractivity contribution in [2.24, 2.45) is 5.92 Å². The van der Waals surface area contributed by atoms with Gasteiger partial charge in [-0.15, -0.1) is 11.6 Å². The van der Waals surface area contributed by atoms with Crippen molar-refractivity contribution in [3.63, 3.8) is 0 Å². The zero-order chi connectivity index (χ0) is 11.8. The van der Waals surface area contributed by atoms with Crippen molar-refractivity contribution in [2.75, 3.05) is 0 Å². The predicted molar refractivity (Wildman–Crippen MR) is 70.9 cm³/mol. The third-order valence-electron chi connectivity index (χ3n) is 4.03. The van der Waals surface area contributed by atoms with Crippen molar-refractivity contribution in [3.05, 3.63) is 29.3 Å². The summed E-state index contributed by atoms with van der Waals surface area (Å²) >= 11 is 6.16. The number of benzene rings is 1. The predicted octanol–water partition coefficient (Wildman–Crippen LogP) is 4.10. The lowest BCUT2D eigenvalue weighted by atomic mass is 9.97. The van der Waals surface area contributed by atoms with Crippen LogP contribution in [0.4, 0.5) is 0 Å². The topological polar surface area (TPSA) is 9.23 Å². The van der Waals surface area contributed by atoms with Gasteiger partial charge in [-0.3, -0.25) is 0 Å². The highest BCUT2D eigenvalue weighted by molar-refractivity contribution is 6.20. The molecule has 0 saturated heterocycles. The van der Waals surface area contributed by atoms with Crippen molar-refractivity contribution < 1.29 is 4.74 Å². The van der Waals surface area contributed by atoms with Crippen molar-refractivity contribution in [3.8, 4) is 5.75 Å². The van der Waals surface area contributed by atoms with E-state index in [4.69, 9.17) is 16.3 Å². The van der Waals surface area contributed by atoms with Crippen LogP contribution in [0.2, 0.25) is 0 Å². The molecule has 3 rings (SSSR count). The van der Waals surface area contributed by atoms with E-state index in [9.17, 15) is 0 Å². The molecule has 1 aliphatic heterocycles. The van der Waals surface area contributed by atoms with Crippen molar-refractivity contribution >= 4 is 11.6 Å². The van der Waals surface area contributed by atoms with Gasteiger partial charge in [-0.05, 0) is 50.2 Å². The molecular weight excluding hydrogens is 232 g/mol. The maximum atomic E-state index is 6.16. The normalized spacial score (nSPS) is 31.3. The molecule has 92 valence electrons. The van der Waals surface area contributed by atoms with Gasteiger partial charge in [-0.2, -0.15) is 0 Å². The van der Waals surface area contributed by atoms with Crippen LogP contribution < -0.4 is 4.74 Å². The molecule has 0 N–H and O–H groups in total. The van der Waals surface area contributed by atoms with E-state index in [-0.39, 0.29) is 0 Å². The highest BCUT2D eigenvalue weighted by Gasteiger charge is 2.29. The fourth-order valence-corrected chi connectivity index (χ4v) is 3.56. The summed E-state index contributed by atoms with van der Waals surface area (Å²) in [4.78, 5) is 0. The second-order valence-corrected chi connectivity index (χ2v) is 6.18. The standard InChI is InChI=1S/C15H19ClO/c1-10-2-5-15-12(6-10)9-14(17-15)8-11-3-4-13(16)7-11/h2,5-6,11,13-14H,3-4,7-9H2,1H3. The first-order chi connectivity index (χ1) is 8.20. The molecule has 0 amide bonds. The molecule has 1 fully saturated rings. The summed E-state index contributed by atoms with van der Waals surface area (Å²) < 4.78 is 6.02. The summed E-state index contributed by atoms with van der Waals surface area (Å²) in [5, 5.41) is 0.408. The van der Waals surface area contributed by atoms with Gasteiger partial charge >= 0.3 is 0 Å². The van der Waals surface area contributed by atoms with E-state index in [0.717, 1.165) is 18.1 Å². The average Bonchev–Trinajstić information content (AvgIpc) is 2.84. The molecule has 2 aliphatic rings. The molecule has 0 aromatic heterocycles. The fraction of sp³-hybridized carbons (Fsp3) is 0.600. The van der Waals surface area contributed by atoms with Crippen LogP contribution in [0.5, 0.6) is 5.75 Å². The second-order valence-electron chi connectivity index (χ2n) is 5.57. The van der Waals surface area contributed by atoms with E-state index in [1.807, 2.05) is 0 Å². The lowest BCUT2D eigenvalue weighted by molar-refractivity contribution is 0.194. The SMILES string of the molecule is Cc1ccc2c(c1)CC(CC1CCC(Cl)C1)O2. The Kier molecular flexibility index (Phi) is 3.04. The van der Waals surface area contributed by atoms with Crippen LogP contribution in [0, 0.1) is 12.8 Å². The molecule has 17 heavy (non-hydrogen) atoms. The Balaban J connectivity index is 1.62. The third kappa shape index (κ3) is 2.44. The first-order valence-electron chi connectivity index (χ1n) is 6.61. The minimum Gasteiger partial charge on any atom is -0.490 e. The number of rotatable bonds is 2. The number of aryl methyl sites for hydroxylation is 1. The van der Waals surface area contributed by atoms with E-state index in [1.165, 1.54) is 36.8 Å². The van der Waals surface area contributed by atoms with E-state index in [2.05, 4.69) is 25.1 Å². The lowest BCUT2D eigenvalue weighted by Crippen LogP contribution is -2.17. The van der Waals surface area contributed by atoms with E-state index >= 15 is 0 Å². The third-order valence-corrected chi connectivity index (χ3v) is 4.43. The van der Waals surface area contributed by atoms with Crippen LogP contribution in [-0.2, 0) is 6.42 Å². The number of hydrogen-bond donors (Lipinski definition) is 0. The zero-order valence-corrected chi connectivity index (χ0v) is 11.0. The second kappa shape index (κ2) is 4.53. The van der Waals surface area contributed by atoms with E-state index in [0.29, 0.717) is 11.5 Å². The summed E-state index contributed by atoms with van der Waals surface area (Å²) in [7, 11) is 0. The highest BCUT2D eigenvalue weighted by atomic mass is 35.5. The molecule has 1 saturated carbocycles. The molecule has 0 radical (unpaired) electrons. The molecule has 3 unspecified atom stereocenters. The van der Waals surface area contributed by atoms with Gasteiger partial charge in [0.05, 0.1) is 0 Å². The molecule has 3 atom stereocenters. The van der Waals surface area contributed by atoms with Gasteiger partial charge in [0, 0.05) is 11.8 Å². The number of fused-ring (bicyclic) bond motifs is 1. The van der Waals surface area contributed by atoms with Crippen molar-refractivity contribution in [1.82, 2.24) is 0 Å². The van der Waals surface area contributed by atoms with Gasteiger partial charge in [0.25, 0.3) is 0 Å². The Morgan fingerprint density at radius 1 is 1.35 bits per heavy atom. The Morgan fingerprint density at radius 3 is 3.00 bits per heavy atom. The maximum Gasteiger partial charge on any atom is 0.123 e. The van der Waals surface area contributed by atoms with Crippen LogP contribution in [0.25, 0.3) is 0 Å². The van der Waals surface area contributed by atoms with Crippen LogP contribution in [0.1, 0.15) is 36.8 Å². The van der Waals surface area contributed by atoms with Gasteiger partial charge in [0.1, 0.15) is 11.9 Å². The fourth-order valence-electron chi connectivity index (χ4n) is 3.18. The van der Waals surface area contributed by atoms with Crippen molar-refractivity contribution in [2.45, 2.75) is 50.5 Å². The summed E-state index contributed by atoms with van der Waals surface area (Å²) in [6, 6.07) is 6.50. The molecule has 1 aliphatic carbocycles. The van der Waals surface area contributed by atoms with Crippen LogP contribution >= 0.6 is 11.6 Å². The lowest BCUT2D eigenvalue weighted by Gasteiger charge is -2.15. The average molecular weight is 251 g/mol. The van der Waals surface area contributed by atoms with Gasteiger partial charge in [-0.1, -0.05) is 17.7 Å². The van der Waals surface area contributed by atoms with E-state index < -0.39 is 0 Å². The number of hydrogen-bond acceptors (Lipinski definition) is 1. The van der Waals surface area contributed by atoms with Gasteiger partial charge in [-0.25, -0.2) is 0 Å². The molecule has 1 nitrogen and oxygen atoms in total. The number of ether oxygens (including phenoxy) is 1. The molecule has 1 heterocycles. The largest absolute Gasteiger partial charge is 0.490 e. The first-order valence-corrected chi connectivity index (χ1v) is 7.04. The number of alkyl halides is 1. The Morgan fingerprint density at radius 2 is 2.24 bits per heavy atom. The van der Waals surface area contributed by atoms with Gasteiger partial charge in [0.2, 0.25) is 0 Å². The molecule has 2 heteroatoms. The quantitative estimate of drug-likeness (QED) is 0.719. The minimum atomic E-state index is 0.388. The Bertz CT molecular complexity index is 415. The number of halogens is 1. The maximum absolute atomic E-state index is 6.16.